The Kier molecular flexibility index (Phi) is 12.0. The third-order valence-corrected chi connectivity index (χ3v) is 8.86. The number of aliphatic hydroxyl groups excluding tert-OH is 3. The Morgan fingerprint density at radius 2 is 1.73 bits per heavy atom. The highest BCUT2D eigenvalue weighted by molar-refractivity contribution is 7.99. The van der Waals surface area contributed by atoms with Gasteiger partial charge in [-0.1, -0.05) is 42.5 Å². The van der Waals surface area contributed by atoms with Crippen molar-refractivity contribution >= 4 is 17.7 Å². The average molecular weight is 588 g/mol. The van der Waals surface area contributed by atoms with Crippen LogP contribution in [-0.2, 0) is 27.3 Å². The van der Waals surface area contributed by atoms with Crippen LogP contribution in [0.5, 0.6) is 0 Å². The van der Waals surface area contributed by atoms with Gasteiger partial charge in [-0.2, -0.15) is 0 Å². The number of rotatable bonds is 12. The Morgan fingerprint density at radius 3 is 2.44 bits per heavy atom. The molecule has 4 N–H and O–H groups in total. The van der Waals surface area contributed by atoms with Crippen molar-refractivity contribution in [2.75, 3.05) is 59.2 Å². The molecule has 4 rings (SSSR count). The molecule has 5 atom stereocenters. The predicted octanol–water partition coefficient (Wildman–Crippen LogP) is 1.70. The second-order valence-corrected chi connectivity index (χ2v) is 12.0. The summed E-state index contributed by atoms with van der Waals surface area (Å²) in [5.74, 6) is 0.0212. The highest BCUT2D eigenvalue weighted by Gasteiger charge is 2.44. The summed E-state index contributed by atoms with van der Waals surface area (Å²) >= 11 is 1.31. The summed E-state index contributed by atoms with van der Waals surface area (Å²) in [4.78, 5) is 16.8. The molecule has 2 heterocycles. The van der Waals surface area contributed by atoms with Crippen molar-refractivity contribution < 1.29 is 29.6 Å². The number of hydrogen-bond acceptors (Lipinski definition) is 9. The Hall–Kier alpha value is -2.02. The molecule has 0 aliphatic carbocycles. The number of likely N-dealkylation sites (N-methyl/N-ethyl adjacent to an activating group) is 1. The van der Waals surface area contributed by atoms with Crippen molar-refractivity contribution in [1.29, 1.82) is 0 Å². The van der Waals surface area contributed by atoms with Gasteiger partial charge in [0, 0.05) is 45.7 Å². The summed E-state index contributed by atoms with van der Waals surface area (Å²) in [6.07, 6.45) is -1.48. The summed E-state index contributed by atoms with van der Waals surface area (Å²) in [7, 11) is 2.14. The molecule has 2 aromatic rings. The number of carbonyl (C=O) groups excluding carboxylic acids is 1. The molecule has 0 saturated carbocycles. The molecule has 9 nitrogen and oxygen atoms in total. The van der Waals surface area contributed by atoms with E-state index in [0.717, 1.165) is 60.5 Å². The molecule has 2 aliphatic heterocycles. The van der Waals surface area contributed by atoms with Crippen LogP contribution in [0.15, 0.2) is 42.5 Å². The van der Waals surface area contributed by atoms with E-state index >= 15 is 0 Å². The van der Waals surface area contributed by atoms with Gasteiger partial charge < -0.3 is 35.0 Å². The smallest absolute Gasteiger partial charge is 0.222 e. The first kappa shape index (κ1) is 31.9. The lowest BCUT2D eigenvalue weighted by atomic mass is 9.91. The fourth-order valence-electron chi connectivity index (χ4n) is 5.22. The van der Waals surface area contributed by atoms with Gasteiger partial charge >= 0.3 is 0 Å². The summed E-state index contributed by atoms with van der Waals surface area (Å²) in [5, 5.41) is 34.1. The molecule has 0 unspecified atom stereocenters. The zero-order valence-electron chi connectivity index (χ0n) is 24.4. The Bertz CT molecular complexity index is 1110. The minimum atomic E-state index is -1.27. The number of aryl methyl sites for hydroxylation is 1. The van der Waals surface area contributed by atoms with Crippen molar-refractivity contribution in [3.05, 3.63) is 70.3 Å². The molecule has 2 aromatic carbocycles. The second kappa shape index (κ2) is 15.5. The van der Waals surface area contributed by atoms with Crippen LogP contribution in [0.25, 0.3) is 0 Å². The van der Waals surface area contributed by atoms with Gasteiger partial charge in [-0.15, -0.1) is 11.8 Å². The van der Waals surface area contributed by atoms with Crippen LogP contribution in [0.2, 0.25) is 0 Å². The van der Waals surface area contributed by atoms with E-state index in [1.807, 2.05) is 37.3 Å². The SMILES string of the molecule is CS[C@H]1O[C@@H](c2ccc(C)c(Cc3ccc(COCCC(=O)NCCN4CCN(C)CC4)cc3)c2)[C@H](O)[C@@H](O)[C@@H]1O. The van der Waals surface area contributed by atoms with Gasteiger partial charge in [-0.25, -0.2) is 0 Å². The maximum absolute atomic E-state index is 12.1. The topological polar surface area (TPSA) is 115 Å². The molecule has 41 heavy (non-hydrogen) atoms. The molecule has 2 saturated heterocycles. The molecular formula is C31H45N3O6S. The lowest BCUT2D eigenvalue weighted by Crippen LogP contribution is -2.52. The van der Waals surface area contributed by atoms with Crippen molar-refractivity contribution in [3.8, 4) is 0 Å². The van der Waals surface area contributed by atoms with E-state index in [4.69, 9.17) is 9.47 Å². The molecule has 1 amide bonds. The number of benzene rings is 2. The lowest BCUT2D eigenvalue weighted by molar-refractivity contribution is -0.200. The van der Waals surface area contributed by atoms with Crippen LogP contribution in [0.3, 0.4) is 0 Å². The molecular weight excluding hydrogens is 542 g/mol. The van der Waals surface area contributed by atoms with Crippen molar-refractivity contribution in [2.24, 2.45) is 0 Å². The number of amides is 1. The molecule has 2 fully saturated rings. The van der Waals surface area contributed by atoms with Crippen molar-refractivity contribution in [3.63, 3.8) is 0 Å². The fourth-order valence-corrected chi connectivity index (χ4v) is 5.89. The fraction of sp³-hybridized carbons (Fsp3) is 0.581. The number of piperazine rings is 1. The number of hydrogen-bond donors (Lipinski definition) is 4. The van der Waals surface area contributed by atoms with Crippen molar-refractivity contribution in [1.82, 2.24) is 15.1 Å². The molecule has 10 heteroatoms. The van der Waals surface area contributed by atoms with E-state index in [1.165, 1.54) is 11.8 Å². The molecule has 0 bridgehead atoms. The van der Waals surface area contributed by atoms with Gasteiger partial charge in [0.1, 0.15) is 29.9 Å². The largest absolute Gasteiger partial charge is 0.387 e. The third kappa shape index (κ3) is 8.98. The number of thioether (sulfide) groups is 1. The summed E-state index contributed by atoms with van der Waals surface area (Å²) in [5.41, 5.74) is 4.56. The van der Waals surface area contributed by atoms with E-state index in [0.29, 0.717) is 32.6 Å². The summed E-state index contributed by atoms with van der Waals surface area (Å²) in [6, 6.07) is 14.1. The number of nitrogens with zero attached hydrogens (tertiary/aromatic N) is 2. The van der Waals surface area contributed by atoms with Gasteiger partial charge in [0.2, 0.25) is 5.91 Å². The zero-order chi connectivity index (χ0) is 29.4. The predicted molar refractivity (Wildman–Crippen MR) is 161 cm³/mol. The Labute approximate surface area is 247 Å². The monoisotopic (exact) mass is 587 g/mol. The van der Waals surface area contributed by atoms with Crippen LogP contribution < -0.4 is 5.32 Å². The first-order valence-electron chi connectivity index (χ1n) is 14.4. The Morgan fingerprint density at radius 1 is 1.02 bits per heavy atom. The highest BCUT2D eigenvalue weighted by Crippen LogP contribution is 2.36. The zero-order valence-corrected chi connectivity index (χ0v) is 25.2. The van der Waals surface area contributed by atoms with Crippen LogP contribution in [0.1, 0.15) is 40.3 Å². The molecule has 0 aromatic heterocycles. The number of aliphatic hydroxyl groups is 3. The van der Waals surface area contributed by atoms with E-state index in [2.05, 4.69) is 34.3 Å². The lowest BCUT2D eigenvalue weighted by Gasteiger charge is -2.40. The van der Waals surface area contributed by atoms with Crippen LogP contribution in [0.4, 0.5) is 0 Å². The minimum Gasteiger partial charge on any atom is -0.387 e. The summed E-state index contributed by atoms with van der Waals surface area (Å²) in [6.45, 7) is 8.69. The van der Waals surface area contributed by atoms with Crippen LogP contribution in [-0.4, -0.2) is 114 Å². The Balaban J connectivity index is 1.21. The highest BCUT2D eigenvalue weighted by atomic mass is 32.2. The van der Waals surface area contributed by atoms with Gasteiger partial charge in [-0.3, -0.25) is 9.69 Å². The quantitative estimate of drug-likeness (QED) is 0.276. The second-order valence-electron chi connectivity index (χ2n) is 11.1. The molecule has 226 valence electrons. The van der Waals surface area contributed by atoms with E-state index in [-0.39, 0.29) is 5.91 Å². The third-order valence-electron chi connectivity index (χ3n) is 8.01. The first-order chi connectivity index (χ1) is 19.7. The maximum atomic E-state index is 12.1. The van der Waals surface area contributed by atoms with E-state index in [9.17, 15) is 20.1 Å². The van der Waals surface area contributed by atoms with Gasteiger partial charge in [-0.05, 0) is 54.5 Å². The van der Waals surface area contributed by atoms with E-state index in [1.54, 1.807) is 6.26 Å². The molecule has 2 aliphatic rings. The van der Waals surface area contributed by atoms with Gasteiger partial charge in [0.15, 0.2) is 0 Å². The normalized spacial score (nSPS) is 25.8. The summed E-state index contributed by atoms with van der Waals surface area (Å²) < 4.78 is 11.7. The van der Waals surface area contributed by atoms with Crippen LogP contribution in [0, 0.1) is 6.92 Å². The number of nitrogens with one attached hydrogen (secondary N) is 1. The van der Waals surface area contributed by atoms with Gasteiger partial charge in [0.25, 0.3) is 0 Å². The number of carbonyl (C=O) groups is 1. The number of ether oxygens (including phenoxy) is 2. The van der Waals surface area contributed by atoms with Gasteiger partial charge in [0.05, 0.1) is 13.2 Å². The average Bonchev–Trinajstić information content (AvgIpc) is 2.97. The van der Waals surface area contributed by atoms with E-state index < -0.39 is 29.9 Å². The molecule has 0 spiro atoms. The molecule has 0 radical (unpaired) electrons. The standard InChI is InChI=1S/C31H45N3O6S/c1-21-4-9-24(30-28(37)27(36)29(38)31(40-30)41-3)19-25(21)18-22-5-7-23(8-6-22)20-39-17-10-26(35)32-11-12-34-15-13-33(2)14-16-34/h4-9,19,27-31,36-38H,10-18,20H2,1-3H3,(H,32,35)/t27-,28-,29+,30+,31-/m1/s1. The first-order valence-corrected chi connectivity index (χ1v) is 15.7. The van der Waals surface area contributed by atoms with Crippen LogP contribution >= 0.6 is 11.8 Å². The minimum absolute atomic E-state index is 0.0212. The van der Waals surface area contributed by atoms with Crippen molar-refractivity contribution in [2.45, 2.75) is 56.2 Å². The maximum Gasteiger partial charge on any atom is 0.222 e.